The zero-order valence-electron chi connectivity index (χ0n) is 63.5. The van der Waals surface area contributed by atoms with Crippen LogP contribution in [0.1, 0.15) is 490 Å². The molecule has 8 heteroatoms. The molecule has 0 aromatic heterocycles. The summed E-state index contributed by atoms with van der Waals surface area (Å²) in [6, 6.07) is 0. The Morgan fingerprint density at radius 1 is 0.161 bits per heavy atom. The van der Waals surface area contributed by atoms with E-state index in [1.54, 1.807) is 0 Å². The molecule has 0 heterocycles. The van der Waals surface area contributed by atoms with Crippen molar-refractivity contribution in [2.75, 3.05) is 26.4 Å². The Kier molecular flexibility index (Phi) is 75.5. The smallest absolute Gasteiger partial charge is 0.305 e. The van der Waals surface area contributed by atoms with Crippen molar-refractivity contribution in [1.29, 1.82) is 0 Å². The number of carbonyl (C=O) groups is 4. The van der Waals surface area contributed by atoms with E-state index in [9.17, 15) is 19.2 Å². The number of hydrogen-bond acceptors (Lipinski definition) is 8. The molecular formula is C85H164O8. The number of esters is 4. The molecule has 0 aromatic carbocycles. The Bertz CT molecular complexity index is 1290. The lowest BCUT2D eigenvalue weighted by molar-refractivity contribution is -0.170. The fourth-order valence-electron chi connectivity index (χ4n) is 13.4. The molecule has 0 unspecified atom stereocenters. The average Bonchev–Trinajstić information content (AvgIpc) is 1.69. The predicted molar refractivity (Wildman–Crippen MR) is 401 cm³/mol. The number of hydrogen-bond donors (Lipinski definition) is 0. The second kappa shape index (κ2) is 77.2. The van der Waals surface area contributed by atoms with Crippen LogP contribution in [0.5, 0.6) is 0 Å². The summed E-state index contributed by atoms with van der Waals surface area (Å²) in [6.45, 7) is 8.51. The highest BCUT2D eigenvalue weighted by Crippen LogP contribution is 2.25. The maximum absolute atomic E-state index is 13.5. The molecule has 0 atom stereocenters. The molecule has 552 valence electrons. The Morgan fingerprint density at radius 2 is 0.258 bits per heavy atom. The molecule has 0 aliphatic rings. The van der Waals surface area contributed by atoms with Crippen LogP contribution in [0, 0.1) is 5.41 Å². The van der Waals surface area contributed by atoms with Crippen LogP contribution in [0.15, 0.2) is 0 Å². The fourth-order valence-corrected chi connectivity index (χ4v) is 13.4. The van der Waals surface area contributed by atoms with E-state index in [-0.39, 0.29) is 50.3 Å². The van der Waals surface area contributed by atoms with Crippen LogP contribution in [0.4, 0.5) is 0 Å². The molecule has 0 saturated carbocycles. The monoisotopic (exact) mass is 1310 g/mol. The van der Waals surface area contributed by atoms with E-state index < -0.39 is 5.41 Å². The van der Waals surface area contributed by atoms with Crippen LogP contribution in [0.25, 0.3) is 0 Å². The van der Waals surface area contributed by atoms with Crippen LogP contribution in [0.3, 0.4) is 0 Å². The van der Waals surface area contributed by atoms with Gasteiger partial charge in [-0.1, -0.05) is 439 Å². The van der Waals surface area contributed by atoms with Gasteiger partial charge in [0.2, 0.25) is 0 Å². The first kappa shape index (κ1) is 90.9. The van der Waals surface area contributed by atoms with Crippen molar-refractivity contribution < 1.29 is 38.1 Å². The van der Waals surface area contributed by atoms with Crippen molar-refractivity contribution in [1.82, 2.24) is 0 Å². The Labute approximate surface area is 580 Å². The Balaban J connectivity index is 5.39. The first-order valence-corrected chi connectivity index (χ1v) is 42.4. The minimum atomic E-state index is -1.21. The van der Waals surface area contributed by atoms with Crippen LogP contribution >= 0.6 is 0 Å². The van der Waals surface area contributed by atoms with Gasteiger partial charge in [-0.05, 0) is 25.7 Å². The Morgan fingerprint density at radius 3 is 0.366 bits per heavy atom. The van der Waals surface area contributed by atoms with Gasteiger partial charge in [-0.2, -0.15) is 0 Å². The highest BCUT2D eigenvalue weighted by atomic mass is 16.6. The summed E-state index contributed by atoms with van der Waals surface area (Å²) in [5, 5.41) is 0. The van der Waals surface area contributed by atoms with E-state index >= 15 is 0 Å². The summed E-state index contributed by atoms with van der Waals surface area (Å²) in [7, 11) is 0. The zero-order chi connectivity index (χ0) is 67.4. The van der Waals surface area contributed by atoms with Gasteiger partial charge in [0.25, 0.3) is 0 Å². The molecule has 0 saturated heterocycles. The van der Waals surface area contributed by atoms with Gasteiger partial charge in [0.15, 0.2) is 0 Å². The quantitative estimate of drug-likeness (QED) is 0.0337. The molecule has 0 radical (unpaired) electrons. The Hall–Kier alpha value is -2.12. The molecule has 0 amide bonds. The van der Waals surface area contributed by atoms with E-state index in [4.69, 9.17) is 18.9 Å². The average molecular weight is 1310 g/mol. The molecule has 0 rings (SSSR count). The summed E-state index contributed by atoms with van der Waals surface area (Å²) < 4.78 is 24.0. The number of ether oxygens (including phenoxy) is 4. The minimum absolute atomic E-state index is 0.157. The molecule has 8 nitrogen and oxygen atoms in total. The summed E-state index contributed by atoms with van der Waals surface area (Å²) in [4.78, 5) is 53.9. The number of rotatable bonds is 80. The molecule has 0 aromatic rings. The lowest BCUT2D eigenvalue weighted by atomic mass is 9.92. The van der Waals surface area contributed by atoms with E-state index in [2.05, 4.69) is 27.7 Å². The normalized spacial score (nSPS) is 11.7. The maximum Gasteiger partial charge on any atom is 0.305 e. The van der Waals surface area contributed by atoms with Gasteiger partial charge in [0.1, 0.15) is 31.8 Å². The SMILES string of the molecule is CCCCCCCCCCCCCCCCCCCC(=O)OCC(COC(=O)CCCCCCCCCCCCCCCCCCC)(COC(=O)CCCCCCCCCCCCCCCCCCC)COC(=O)CCCCCCCCCCCCCCCCCCC. The van der Waals surface area contributed by atoms with Crippen LogP contribution in [0.2, 0.25) is 0 Å². The minimum Gasteiger partial charge on any atom is -0.465 e. The topological polar surface area (TPSA) is 105 Å². The fraction of sp³-hybridized carbons (Fsp3) is 0.953. The second-order valence-corrected chi connectivity index (χ2v) is 29.8. The van der Waals surface area contributed by atoms with E-state index in [0.29, 0.717) is 25.7 Å². The first-order valence-electron chi connectivity index (χ1n) is 42.4. The molecule has 0 bridgehead atoms. The van der Waals surface area contributed by atoms with E-state index in [0.717, 1.165) is 77.0 Å². The zero-order valence-corrected chi connectivity index (χ0v) is 63.5. The van der Waals surface area contributed by atoms with Gasteiger partial charge in [0, 0.05) is 25.7 Å². The summed E-state index contributed by atoms with van der Waals surface area (Å²) in [5.74, 6) is -1.28. The predicted octanol–water partition coefficient (Wildman–Crippen LogP) is 28.3. The molecule has 0 spiro atoms. The van der Waals surface area contributed by atoms with Crippen molar-refractivity contribution in [3.63, 3.8) is 0 Å². The van der Waals surface area contributed by atoms with Crippen LogP contribution < -0.4 is 0 Å². The maximum atomic E-state index is 13.5. The number of carbonyl (C=O) groups excluding carboxylic acids is 4. The lowest BCUT2D eigenvalue weighted by Crippen LogP contribution is -2.44. The van der Waals surface area contributed by atoms with Crippen molar-refractivity contribution in [2.45, 2.75) is 490 Å². The van der Waals surface area contributed by atoms with Gasteiger partial charge in [-0.3, -0.25) is 19.2 Å². The van der Waals surface area contributed by atoms with Gasteiger partial charge in [-0.25, -0.2) is 0 Å². The summed E-state index contributed by atoms with van der Waals surface area (Å²) in [6.07, 6.45) is 88.0. The van der Waals surface area contributed by atoms with Crippen molar-refractivity contribution in [3.05, 3.63) is 0 Å². The first-order chi connectivity index (χ1) is 45.8. The standard InChI is InChI=1S/C85H164O8/c1-5-9-13-17-21-25-29-33-37-41-45-49-53-57-61-65-69-73-81(86)90-77-85(78-91-82(87)74-70-66-62-58-54-50-46-42-38-34-30-26-22-18-14-10-6-2,79-92-83(88)75-71-67-63-59-55-51-47-43-39-35-31-27-23-19-15-11-7-3)80-93-84(89)76-72-68-64-60-56-52-48-44-40-36-32-28-24-20-16-12-8-4/h5-80H2,1-4H3. The van der Waals surface area contributed by atoms with Gasteiger partial charge in [0.05, 0.1) is 0 Å². The lowest BCUT2D eigenvalue weighted by Gasteiger charge is -2.31. The van der Waals surface area contributed by atoms with Crippen molar-refractivity contribution in [3.8, 4) is 0 Å². The van der Waals surface area contributed by atoms with Crippen molar-refractivity contribution >= 4 is 23.9 Å². The molecule has 0 aliphatic carbocycles. The van der Waals surface area contributed by atoms with Crippen LogP contribution in [-0.2, 0) is 38.1 Å². The summed E-state index contributed by atoms with van der Waals surface area (Å²) >= 11 is 0. The molecule has 0 aliphatic heterocycles. The van der Waals surface area contributed by atoms with Crippen LogP contribution in [-0.4, -0.2) is 50.3 Å². The molecule has 0 N–H and O–H groups in total. The second-order valence-electron chi connectivity index (χ2n) is 29.8. The van der Waals surface area contributed by atoms with Crippen molar-refractivity contribution in [2.24, 2.45) is 5.41 Å². The molecule has 0 fully saturated rings. The van der Waals surface area contributed by atoms with Gasteiger partial charge >= 0.3 is 23.9 Å². The highest BCUT2D eigenvalue weighted by Gasteiger charge is 2.38. The third kappa shape index (κ3) is 72.5. The third-order valence-corrected chi connectivity index (χ3v) is 20.1. The van der Waals surface area contributed by atoms with E-state index in [1.807, 2.05) is 0 Å². The van der Waals surface area contributed by atoms with Gasteiger partial charge in [-0.15, -0.1) is 0 Å². The largest absolute Gasteiger partial charge is 0.465 e. The molecule has 93 heavy (non-hydrogen) atoms. The molecular weight excluding hydrogens is 1150 g/mol. The third-order valence-electron chi connectivity index (χ3n) is 20.1. The highest BCUT2D eigenvalue weighted by molar-refractivity contribution is 5.71. The van der Waals surface area contributed by atoms with Gasteiger partial charge < -0.3 is 18.9 Å². The number of unbranched alkanes of at least 4 members (excludes halogenated alkanes) is 64. The van der Waals surface area contributed by atoms with E-state index in [1.165, 1.54) is 360 Å². The summed E-state index contributed by atoms with van der Waals surface area (Å²) in [5.41, 5.74) is -1.21.